The Kier molecular flexibility index (Phi) is 2.05. The zero-order valence-electron chi connectivity index (χ0n) is 9.38. The monoisotopic (exact) mass is 178 g/mol. The number of hydrogen-bond acceptors (Lipinski definition) is 0. The van der Waals surface area contributed by atoms with Gasteiger partial charge in [-0.25, -0.2) is 0 Å². The van der Waals surface area contributed by atoms with E-state index < -0.39 is 0 Å². The molecule has 0 aromatic rings. The second-order valence-electron chi connectivity index (χ2n) is 5.48. The maximum atomic E-state index is 2.49. The van der Waals surface area contributed by atoms with Crippen LogP contribution in [0.5, 0.6) is 0 Å². The smallest absolute Gasteiger partial charge is 0.0126 e. The number of hydrogen-bond donors (Lipinski definition) is 0. The molecule has 0 spiro atoms. The fourth-order valence-electron chi connectivity index (χ4n) is 4.31. The Bertz CT molecular complexity index is 198. The molecule has 0 aromatic heterocycles. The average molecular weight is 178 g/mol. The van der Waals surface area contributed by atoms with Crippen LogP contribution >= 0.6 is 0 Å². The first-order valence-electron chi connectivity index (χ1n) is 5.78. The number of allylic oxidation sites excluding steroid dienone is 2. The van der Waals surface area contributed by atoms with Gasteiger partial charge < -0.3 is 0 Å². The van der Waals surface area contributed by atoms with Crippen LogP contribution in [-0.4, -0.2) is 0 Å². The van der Waals surface area contributed by atoms with E-state index in [-0.39, 0.29) is 0 Å². The van der Waals surface area contributed by atoms with Crippen LogP contribution in [-0.2, 0) is 0 Å². The van der Waals surface area contributed by atoms with Crippen molar-refractivity contribution in [3.63, 3.8) is 0 Å². The molecule has 2 unspecified atom stereocenters. The van der Waals surface area contributed by atoms with Gasteiger partial charge in [0, 0.05) is 0 Å². The molecule has 1 saturated carbocycles. The molecule has 74 valence electrons. The molecule has 2 rings (SSSR count). The molecule has 0 amide bonds. The largest absolute Gasteiger partial charge is 0.0845 e. The first-order valence-corrected chi connectivity index (χ1v) is 5.78. The average Bonchev–Trinajstić information content (AvgIpc) is 2.57. The molecule has 13 heavy (non-hydrogen) atoms. The van der Waals surface area contributed by atoms with Gasteiger partial charge in [-0.2, -0.15) is 0 Å². The molecule has 0 aliphatic heterocycles. The highest BCUT2D eigenvalue weighted by Gasteiger charge is 2.54. The Labute approximate surface area is 82.4 Å². The quantitative estimate of drug-likeness (QED) is 0.563. The minimum absolute atomic E-state index is 0.611. The summed E-state index contributed by atoms with van der Waals surface area (Å²) in [6, 6.07) is 0. The number of fused-ring (bicyclic) bond motifs is 2. The third-order valence-corrected chi connectivity index (χ3v) is 4.65. The van der Waals surface area contributed by atoms with Gasteiger partial charge >= 0.3 is 0 Å². The van der Waals surface area contributed by atoms with E-state index in [0.29, 0.717) is 5.41 Å². The lowest BCUT2D eigenvalue weighted by Gasteiger charge is -2.43. The van der Waals surface area contributed by atoms with Crippen molar-refractivity contribution in [1.82, 2.24) is 0 Å². The molecule has 0 N–H and O–H groups in total. The van der Waals surface area contributed by atoms with Crippen LogP contribution in [0.4, 0.5) is 0 Å². The maximum Gasteiger partial charge on any atom is -0.0126 e. The number of rotatable bonds is 2. The molecule has 2 aliphatic carbocycles. The molecule has 0 heterocycles. The molecule has 0 aromatic carbocycles. The Morgan fingerprint density at radius 2 is 1.31 bits per heavy atom. The molecule has 2 aliphatic rings. The van der Waals surface area contributed by atoms with Gasteiger partial charge in [0.15, 0.2) is 0 Å². The summed E-state index contributed by atoms with van der Waals surface area (Å²) in [7, 11) is 0. The predicted octanol–water partition coefficient (Wildman–Crippen LogP) is 3.88. The molecule has 0 saturated heterocycles. The van der Waals surface area contributed by atoms with Crippen molar-refractivity contribution in [2.75, 3.05) is 0 Å². The van der Waals surface area contributed by atoms with Crippen molar-refractivity contribution in [1.29, 1.82) is 0 Å². The van der Waals surface area contributed by atoms with E-state index in [0.717, 1.165) is 23.7 Å². The SMILES string of the molecule is CC(C)C1(C(C)C)C2C=CC1CC2. The summed E-state index contributed by atoms with van der Waals surface area (Å²) in [6.45, 7) is 9.66. The molecule has 2 bridgehead atoms. The fourth-order valence-corrected chi connectivity index (χ4v) is 4.31. The van der Waals surface area contributed by atoms with Gasteiger partial charge in [0.1, 0.15) is 0 Å². The van der Waals surface area contributed by atoms with Crippen LogP contribution in [0.15, 0.2) is 12.2 Å². The van der Waals surface area contributed by atoms with E-state index in [2.05, 4.69) is 39.8 Å². The minimum Gasteiger partial charge on any atom is -0.0845 e. The van der Waals surface area contributed by atoms with Crippen LogP contribution in [0, 0.1) is 29.1 Å². The normalized spacial score (nSPS) is 35.2. The van der Waals surface area contributed by atoms with Crippen molar-refractivity contribution in [2.45, 2.75) is 40.5 Å². The van der Waals surface area contributed by atoms with Gasteiger partial charge in [0.25, 0.3) is 0 Å². The van der Waals surface area contributed by atoms with Crippen molar-refractivity contribution < 1.29 is 0 Å². The third-order valence-electron chi connectivity index (χ3n) is 4.65. The fraction of sp³-hybridized carbons (Fsp3) is 0.846. The van der Waals surface area contributed by atoms with Crippen LogP contribution in [0.3, 0.4) is 0 Å². The van der Waals surface area contributed by atoms with Crippen molar-refractivity contribution in [2.24, 2.45) is 29.1 Å². The van der Waals surface area contributed by atoms with Crippen molar-refractivity contribution >= 4 is 0 Å². The van der Waals surface area contributed by atoms with Gasteiger partial charge in [-0.15, -0.1) is 0 Å². The Balaban J connectivity index is 2.36. The Hall–Kier alpha value is -0.260. The molecule has 1 fully saturated rings. The summed E-state index contributed by atoms with van der Waals surface area (Å²) in [5, 5.41) is 0. The Morgan fingerprint density at radius 1 is 0.923 bits per heavy atom. The standard InChI is InChI=1S/C13H22/c1-9(2)13(10(3)4)11-5-6-12(13)8-7-11/h5-6,9-12H,7-8H2,1-4H3. The minimum atomic E-state index is 0.611. The topological polar surface area (TPSA) is 0 Å². The molecule has 0 radical (unpaired) electrons. The summed E-state index contributed by atoms with van der Waals surface area (Å²) in [4.78, 5) is 0. The summed E-state index contributed by atoms with van der Waals surface area (Å²) < 4.78 is 0. The maximum absolute atomic E-state index is 2.49. The predicted molar refractivity (Wildman–Crippen MR) is 57.5 cm³/mol. The highest BCUT2D eigenvalue weighted by Crippen LogP contribution is 2.61. The lowest BCUT2D eigenvalue weighted by atomic mass is 9.61. The third kappa shape index (κ3) is 0.978. The van der Waals surface area contributed by atoms with Gasteiger partial charge in [-0.05, 0) is 41.9 Å². The van der Waals surface area contributed by atoms with E-state index >= 15 is 0 Å². The molecule has 0 heteroatoms. The van der Waals surface area contributed by atoms with Gasteiger partial charge in [0.2, 0.25) is 0 Å². The zero-order valence-corrected chi connectivity index (χ0v) is 9.38. The summed E-state index contributed by atoms with van der Waals surface area (Å²) in [5.41, 5.74) is 0.611. The van der Waals surface area contributed by atoms with Gasteiger partial charge in [-0.1, -0.05) is 39.8 Å². The van der Waals surface area contributed by atoms with Crippen molar-refractivity contribution in [3.05, 3.63) is 12.2 Å². The first kappa shape index (κ1) is 9.30. The summed E-state index contributed by atoms with van der Waals surface area (Å²) >= 11 is 0. The molecular formula is C13H22. The van der Waals surface area contributed by atoms with Gasteiger partial charge in [0.05, 0.1) is 0 Å². The van der Waals surface area contributed by atoms with Gasteiger partial charge in [-0.3, -0.25) is 0 Å². The second kappa shape index (κ2) is 2.87. The van der Waals surface area contributed by atoms with E-state index in [4.69, 9.17) is 0 Å². The Morgan fingerprint density at radius 3 is 1.46 bits per heavy atom. The van der Waals surface area contributed by atoms with E-state index in [1.807, 2.05) is 0 Å². The second-order valence-corrected chi connectivity index (χ2v) is 5.48. The summed E-state index contributed by atoms with van der Waals surface area (Å²) in [5.74, 6) is 3.44. The van der Waals surface area contributed by atoms with Crippen LogP contribution < -0.4 is 0 Å². The molecule has 0 nitrogen and oxygen atoms in total. The summed E-state index contributed by atoms with van der Waals surface area (Å²) in [6.07, 6.45) is 7.87. The van der Waals surface area contributed by atoms with Crippen LogP contribution in [0.1, 0.15) is 40.5 Å². The lowest BCUT2D eigenvalue weighted by molar-refractivity contribution is 0.0616. The highest BCUT2D eigenvalue weighted by molar-refractivity contribution is 5.20. The van der Waals surface area contributed by atoms with E-state index in [1.165, 1.54) is 12.8 Å². The zero-order chi connectivity index (χ0) is 9.64. The van der Waals surface area contributed by atoms with Crippen molar-refractivity contribution in [3.8, 4) is 0 Å². The van der Waals surface area contributed by atoms with E-state index in [9.17, 15) is 0 Å². The highest BCUT2D eigenvalue weighted by atomic mass is 14.6. The van der Waals surface area contributed by atoms with E-state index in [1.54, 1.807) is 0 Å². The van der Waals surface area contributed by atoms with Crippen LogP contribution in [0.25, 0.3) is 0 Å². The lowest BCUT2D eigenvalue weighted by Crippen LogP contribution is -2.38. The molecule has 2 atom stereocenters. The molecular weight excluding hydrogens is 156 g/mol. The van der Waals surface area contributed by atoms with Crippen LogP contribution in [0.2, 0.25) is 0 Å². The first-order chi connectivity index (χ1) is 6.10.